The monoisotopic (exact) mass is 414 g/mol. The van der Waals surface area contributed by atoms with E-state index in [1.807, 2.05) is 0 Å². The van der Waals surface area contributed by atoms with E-state index in [4.69, 9.17) is 4.74 Å². The highest BCUT2D eigenvalue weighted by molar-refractivity contribution is 5.88. The van der Waals surface area contributed by atoms with E-state index in [0.717, 1.165) is 45.3 Å². The lowest BCUT2D eigenvalue weighted by Crippen LogP contribution is -2.54. The molecule has 7 nitrogen and oxygen atoms in total. The van der Waals surface area contributed by atoms with E-state index in [1.54, 1.807) is 6.20 Å². The number of ether oxygens (including phenoxy) is 1. The zero-order valence-corrected chi connectivity index (χ0v) is 18.0. The molecule has 2 aromatic heterocycles. The molecule has 0 unspecified atom stereocenters. The molecule has 2 aromatic rings. The summed E-state index contributed by atoms with van der Waals surface area (Å²) in [4.78, 5) is 17.9. The minimum Gasteiger partial charge on any atom is -0.461 e. The third-order valence-corrected chi connectivity index (χ3v) is 7.64. The molecule has 0 spiro atoms. The van der Waals surface area contributed by atoms with Crippen LogP contribution in [0.25, 0.3) is 10.9 Å². The Balaban J connectivity index is 1.41. The van der Waals surface area contributed by atoms with Crippen molar-refractivity contribution in [3.63, 3.8) is 0 Å². The van der Waals surface area contributed by atoms with E-state index in [-0.39, 0.29) is 22.6 Å². The number of anilines is 1. The third kappa shape index (κ3) is 3.30. The predicted molar refractivity (Wildman–Crippen MR) is 114 cm³/mol. The lowest BCUT2D eigenvalue weighted by molar-refractivity contribution is 0.0738. The number of likely N-dealkylation sites (N-methyl/N-ethyl adjacent to an activating group) is 1. The zero-order chi connectivity index (χ0) is 20.8. The molecule has 3 aliphatic rings. The Hall–Kier alpha value is -2.06. The number of hydrogen-bond donors (Lipinski definition) is 1. The molecule has 5 rings (SSSR count). The molecule has 0 aromatic carbocycles. The van der Waals surface area contributed by atoms with Gasteiger partial charge in [-0.15, -0.1) is 0 Å². The van der Waals surface area contributed by atoms with Crippen molar-refractivity contribution < 1.29 is 9.13 Å². The van der Waals surface area contributed by atoms with Crippen LogP contribution in [0.4, 0.5) is 10.2 Å². The standard InChI is InChI=1S/C22H31FN6O/c1-28(2)21(6-3-7-21)14-25-19-16-12-24-13-17(23)18(16)26-20(27-19)30-15-22-8-4-10-29(22)11-5-9-22/h12-13H,3-11,14-15H2,1-2H3,(H,25,26,27). The maximum Gasteiger partial charge on any atom is 0.319 e. The minimum absolute atomic E-state index is 0.101. The van der Waals surface area contributed by atoms with Gasteiger partial charge in [0.05, 0.1) is 17.1 Å². The summed E-state index contributed by atoms with van der Waals surface area (Å²) in [6.07, 6.45) is 11.1. The van der Waals surface area contributed by atoms with Crippen LogP contribution >= 0.6 is 0 Å². The summed E-state index contributed by atoms with van der Waals surface area (Å²) in [6.45, 7) is 3.59. The number of hydrogen-bond acceptors (Lipinski definition) is 7. The Morgan fingerprint density at radius 2 is 1.87 bits per heavy atom. The molecule has 1 N–H and O–H groups in total. The largest absolute Gasteiger partial charge is 0.461 e. The second-order valence-electron chi connectivity index (χ2n) is 9.41. The highest BCUT2D eigenvalue weighted by atomic mass is 19.1. The van der Waals surface area contributed by atoms with Crippen LogP contribution in [0, 0.1) is 5.82 Å². The van der Waals surface area contributed by atoms with Crippen molar-refractivity contribution >= 4 is 16.7 Å². The van der Waals surface area contributed by atoms with Gasteiger partial charge in [0.1, 0.15) is 17.9 Å². The second kappa shape index (κ2) is 7.57. The maximum absolute atomic E-state index is 14.5. The molecule has 8 heteroatoms. The van der Waals surface area contributed by atoms with Gasteiger partial charge in [-0.25, -0.2) is 4.39 Å². The van der Waals surface area contributed by atoms with Crippen molar-refractivity contribution in [1.82, 2.24) is 24.8 Å². The number of halogens is 1. The van der Waals surface area contributed by atoms with Crippen molar-refractivity contribution in [2.45, 2.75) is 56.0 Å². The average Bonchev–Trinajstić information content (AvgIpc) is 3.26. The van der Waals surface area contributed by atoms with Crippen LogP contribution in [-0.4, -0.2) is 76.2 Å². The van der Waals surface area contributed by atoms with Gasteiger partial charge in [-0.1, -0.05) is 0 Å². The topological polar surface area (TPSA) is 66.4 Å². The van der Waals surface area contributed by atoms with Gasteiger partial charge in [-0.05, 0) is 72.1 Å². The van der Waals surface area contributed by atoms with Crippen LogP contribution < -0.4 is 10.1 Å². The molecular weight excluding hydrogens is 383 g/mol. The first-order chi connectivity index (χ1) is 14.5. The Kier molecular flexibility index (Phi) is 5.01. The first-order valence-corrected chi connectivity index (χ1v) is 11.1. The molecule has 1 aliphatic carbocycles. The Bertz CT molecular complexity index is 921. The molecule has 0 bridgehead atoms. The van der Waals surface area contributed by atoms with Crippen molar-refractivity contribution in [2.75, 3.05) is 45.7 Å². The number of nitrogens with one attached hydrogen (secondary N) is 1. The van der Waals surface area contributed by atoms with Gasteiger partial charge in [0.2, 0.25) is 0 Å². The molecule has 2 aliphatic heterocycles. The first kappa shape index (κ1) is 19.9. The number of rotatable bonds is 7. The van der Waals surface area contributed by atoms with Crippen molar-refractivity contribution in [3.05, 3.63) is 18.2 Å². The van der Waals surface area contributed by atoms with Gasteiger partial charge < -0.3 is 15.0 Å². The number of aromatic nitrogens is 3. The average molecular weight is 415 g/mol. The predicted octanol–water partition coefficient (Wildman–Crippen LogP) is 3.07. The van der Waals surface area contributed by atoms with Crippen LogP contribution in [0.1, 0.15) is 44.9 Å². The summed E-state index contributed by atoms with van der Waals surface area (Å²) in [7, 11) is 4.23. The molecule has 30 heavy (non-hydrogen) atoms. The summed E-state index contributed by atoms with van der Waals surface area (Å²) < 4.78 is 20.6. The summed E-state index contributed by atoms with van der Waals surface area (Å²) >= 11 is 0. The van der Waals surface area contributed by atoms with Gasteiger partial charge in [-0.2, -0.15) is 9.97 Å². The summed E-state index contributed by atoms with van der Waals surface area (Å²) in [5, 5.41) is 4.06. The molecule has 162 valence electrons. The molecule has 0 radical (unpaired) electrons. The fraction of sp³-hybridized carbons (Fsp3) is 0.682. The molecule has 3 fully saturated rings. The van der Waals surface area contributed by atoms with Crippen LogP contribution in [0.2, 0.25) is 0 Å². The van der Waals surface area contributed by atoms with Gasteiger partial charge in [-0.3, -0.25) is 9.88 Å². The van der Waals surface area contributed by atoms with Crippen molar-refractivity contribution in [2.24, 2.45) is 0 Å². The summed E-state index contributed by atoms with van der Waals surface area (Å²) in [6, 6.07) is 0.246. The quantitative estimate of drug-likeness (QED) is 0.747. The first-order valence-electron chi connectivity index (χ1n) is 11.1. The van der Waals surface area contributed by atoms with Crippen LogP contribution in [0.3, 0.4) is 0 Å². The van der Waals surface area contributed by atoms with E-state index in [1.165, 1.54) is 25.5 Å². The van der Waals surface area contributed by atoms with Gasteiger partial charge in [0, 0.05) is 18.3 Å². The van der Waals surface area contributed by atoms with Gasteiger partial charge in [0.15, 0.2) is 5.82 Å². The van der Waals surface area contributed by atoms with E-state index in [2.05, 4.69) is 44.2 Å². The Morgan fingerprint density at radius 1 is 1.10 bits per heavy atom. The molecule has 1 saturated carbocycles. The fourth-order valence-electron chi connectivity index (χ4n) is 5.47. The Morgan fingerprint density at radius 3 is 2.53 bits per heavy atom. The summed E-state index contributed by atoms with van der Waals surface area (Å²) in [5.74, 6) is 0.151. The van der Waals surface area contributed by atoms with E-state index in [9.17, 15) is 4.39 Å². The second-order valence-corrected chi connectivity index (χ2v) is 9.41. The lowest BCUT2D eigenvalue weighted by atomic mass is 9.75. The third-order valence-electron chi connectivity index (χ3n) is 7.64. The minimum atomic E-state index is -0.449. The van der Waals surface area contributed by atoms with Crippen molar-refractivity contribution in [3.8, 4) is 6.01 Å². The molecule has 0 amide bonds. The summed E-state index contributed by atoms with van der Waals surface area (Å²) in [5.41, 5.74) is 0.479. The molecule has 0 atom stereocenters. The highest BCUT2D eigenvalue weighted by Gasteiger charge is 2.45. The van der Waals surface area contributed by atoms with E-state index < -0.39 is 5.82 Å². The zero-order valence-electron chi connectivity index (χ0n) is 18.0. The molecular formula is C22H31FN6O. The smallest absolute Gasteiger partial charge is 0.319 e. The van der Waals surface area contributed by atoms with Crippen molar-refractivity contribution in [1.29, 1.82) is 0 Å². The van der Waals surface area contributed by atoms with E-state index in [0.29, 0.717) is 17.8 Å². The number of pyridine rings is 1. The number of fused-ring (bicyclic) bond motifs is 2. The van der Waals surface area contributed by atoms with Gasteiger partial charge in [0.25, 0.3) is 0 Å². The molecule has 2 saturated heterocycles. The number of nitrogens with zero attached hydrogens (tertiary/aromatic N) is 5. The van der Waals surface area contributed by atoms with Crippen LogP contribution in [-0.2, 0) is 0 Å². The SMILES string of the molecule is CN(C)C1(CNc2nc(OCC34CCCN3CCC4)nc3c(F)cncc23)CCC1. The highest BCUT2D eigenvalue weighted by Crippen LogP contribution is 2.39. The Labute approximate surface area is 177 Å². The van der Waals surface area contributed by atoms with Crippen LogP contribution in [0.5, 0.6) is 6.01 Å². The maximum atomic E-state index is 14.5. The lowest BCUT2D eigenvalue weighted by Gasteiger charge is -2.47. The van der Waals surface area contributed by atoms with Crippen LogP contribution in [0.15, 0.2) is 12.4 Å². The fourth-order valence-corrected chi connectivity index (χ4v) is 5.47. The normalized spacial score (nSPS) is 22.3. The molecule has 4 heterocycles. The van der Waals surface area contributed by atoms with E-state index >= 15 is 0 Å². The van der Waals surface area contributed by atoms with Gasteiger partial charge >= 0.3 is 6.01 Å².